The van der Waals surface area contributed by atoms with E-state index in [0.29, 0.717) is 10.7 Å². The van der Waals surface area contributed by atoms with Crippen LogP contribution in [0.25, 0.3) is 5.76 Å². The topological polar surface area (TPSA) is 83.5 Å². The van der Waals surface area contributed by atoms with Gasteiger partial charge in [0.05, 0.1) is 4.90 Å². The molecule has 1 amide bonds. The molecule has 2 N–H and O–H groups in total. The van der Waals surface area contributed by atoms with Gasteiger partial charge in [0.15, 0.2) is 4.91 Å². The Kier molecular flexibility index (Phi) is 3.42. The summed E-state index contributed by atoms with van der Waals surface area (Å²) in [4.78, 5) is 11.5. The van der Waals surface area contributed by atoms with E-state index in [9.17, 15) is 18.3 Å². The number of benzene rings is 2. The molecule has 5 nitrogen and oxygen atoms in total. The Morgan fingerprint density at radius 3 is 2.32 bits per heavy atom. The molecule has 0 saturated carbocycles. The molecule has 0 spiro atoms. The number of anilines is 1. The standard InChI is InChI=1S/C15H10ClNO4S/c16-9-5-7-10(8-6-9)17-15(19)14-13(18)11-3-1-2-4-12(11)22(14,20)21/h1-8,18H,(H,17,19). The lowest BCUT2D eigenvalue weighted by atomic mass is 10.2. The first-order chi connectivity index (χ1) is 10.4. The van der Waals surface area contributed by atoms with Crippen molar-refractivity contribution in [3.05, 3.63) is 64.0 Å². The molecule has 0 aliphatic carbocycles. The first-order valence-electron chi connectivity index (χ1n) is 6.26. The number of hydrogen-bond acceptors (Lipinski definition) is 4. The number of carbonyl (C=O) groups excluding carboxylic acids is 1. The molecule has 0 fully saturated rings. The predicted octanol–water partition coefficient (Wildman–Crippen LogP) is 2.99. The van der Waals surface area contributed by atoms with Crippen LogP contribution < -0.4 is 5.32 Å². The van der Waals surface area contributed by atoms with E-state index in [1.165, 1.54) is 30.3 Å². The van der Waals surface area contributed by atoms with Crippen LogP contribution in [0.15, 0.2) is 58.3 Å². The van der Waals surface area contributed by atoms with Crippen molar-refractivity contribution in [2.45, 2.75) is 4.90 Å². The molecule has 7 heteroatoms. The zero-order valence-corrected chi connectivity index (χ0v) is 12.6. The summed E-state index contributed by atoms with van der Waals surface area (Å²) in [5.74, 6) is -1.43. The van der Waals surface area contributed by atoms with Crippen LogP contribution in [0.4, 0.5) is 5.69 Å². The minimum Gasteiger partial charge on any atom is -0.506 e. The molecule has 1 heterocycles. The Morgan fingerprint density at radius 2 is 1.68 bits per heavy atom. The molecule has 3 rings (SSSR count). The molecule has 1 aliphatic heterocycles. The minimum atomic E-state index is -4.03. The van der Waals surface area contributed by atoms with E-state index in [0.717, 1.165) is 0 Å². The normalized spacial score (nSPS) is 15.5. The minimum absolute atomic E-state index is 0.0752. The van der Waals surface area contributed by atoms with Crippen molar-refractivity contribution in [2.75, 3.05) is 5.32 Å². The maximum atomic E-state index is 12.4. The number of halogens is 1. The third kappa shape index (κ3) is 2.26. The Bertz CT molecular complexity index is 901. The quantitative estimate of drug-likeness (QED) is 0.883. The van der Waals surface area contributed by atoms with Crippen molar-refractivity contribution in [3.63, 3.8) is 0 Å². The first kappa shape index (κ1) is 14.6. The maximum Gasteiger partial charge on any atom is 0.271 e. The Labute approximate surface area is 131 Å². The van der Waals surface area contributed by atoms with E-state index in [-0.39, 0.29) is 10.5 Å². The first-order valence-corrected chi connectivity index (χ1v) is 8.12. The highest BCUT2D eigenvalue weighted by molar-refractivity contribution is 7.97. The van der Waals surface area contributed by atoms with Crippen LogP contribution in [0.5, 0.6) is 0 Å². The summed E-state index contributed by atoms with van der Waals surface area (Å²) in [7, 11) is -4.03. The van der Waals surface area contributed by atoms with E-state index in [1.54, 1.807) is 18.2 Å². The highest BCUT2D eigenvalue weighted by Gasteiger charge is 2.40. The SMILES string of the molecule is O=C(Nc1ccc(Cl)cc1)C1=C(O)c2ccccc2S1(=O)=O. The molecule has 0 unspecified atom stereocenters. The van der Waals surface area contributed by atoms with E-state index in [2.05, 4.69) is 5.32 Å². The summed E-state index contributed by atoms with van der Waals surface area (Å²) in [6.45, 7) is 0. The molecular weight excluding hydrogens is 326 g/mol. The Hall–Kier alpha value is -2.31. The van der Waals surface area contributed by atoms with E-state index in [4.69, 9.17) is 11.6 Å². The van der Waals surface area contributed by atoms with Crippen LogP contribution in [0.2, 0.25) is 5.02 Å². The zero-order valence-electron chi connectivity index (χ0n) is 11.1. The third-order valence-electron chi connectivity index (χ3n) is 3.22. The fraction of sp³-hybridized carbons (Fsp3) is 0. The highest BCUT2D eigenvalue weighted by atomic mass is 35.5. The smallest absolute Gasteiger partial charge is 0.271 e. The third-order valence-corrected chi connectivity index (χ3v) is 5.33. The lowest BCUT2D eigenvalue weighted by Crippen LogP contribution is -2.19. The zero-order chi connectivity index (χ0) is 15.9. The molecule has 0 atom stereocenters. The highest BCUT2D eigenvalue weighted by Crippen LogP contribution is 2.37. The predicted molar refractivity (Wildman–Crippen MR) is 83.3 cm³/mol. The number of hydrogen-bond donors (Lipinski definition) is 2. The molecule has 0 aromatic heterocycles. The number of sulfone groups is 1. The summed E-state index contributed by atoms with van der Waals surface area (Å²) in [6, 6.07) is 12.1. The second-order valence-corrected chi connectivity index (χ2v) is 6.93. The fourth-order valence-electron chi connectivity index (χ4n) is 2.21. The van der Waals surface area contributed by atoms with Gasteiger partial charge in [-0.3, -0.25) is 4.79 Å². The number of carbonyl (C=O) groups is 1. The molecule has 112 valence electrons. The number of fused-ring (bicyclic) bond motifs is 1. The van der Waals surface area contributed by atoms with Crippen LogP contribution in [0, 0.1) is 0 Å². The maximum absolute atomic E-state index is 12.4. The van der Waals surface area contributed by atoms with Gasteiger partial charge in [0.1, 0.15) is 5.76 Å². The van der Waals surface area contributed by atoms with Gasteiger partial charge in [0, 0.05) is 16.3 Å². The second-order valence-electron chi connectivity index (χ2n) is 4.64. The molecule has 2 aromatic rings. The lowest BCUT2D eigenvalue weighted by molar-refractivity contribution is -0.112. The van der Waals surface area contributed by atoms with Gasteiger partial charge in [-0.05, 0) is 36.4 Å². The molecule has 1 aliphatic rings. The second kappa shape index (κ2) is 5.15. The Morgan fingerprint density at radius 1 is 1.05 bits per heavy atom. The number of aliphatic hydroxyl groups is 1. The van der Waals surface area contributed by atoms with Crippen LogP contribution in [-0.4, -0.2) is 19.4 Å². The van der Waals surface area contributed by atoms with Gasteiger partial charge in [-0.1, -0.05) is 23.7 Å². The monoisotopic (exact) mass is 335 g/mol. The molecule has 0 saturated heterocycles. The lowest BCUT2D eigenvalue weighted by Gasteiger charge is -2.06. The van der Waals surface area contributed by atoms with Crippen LogP contribution >= 0.6 is 11.6 Å². The van der Waals surface area contributed by atoms with E-state index < -0.39 is 26.4 Å². The van der Waals surface area contributed by atoms with E-state index >= 15 is 0 Å². The Balaban J connectivity index is 2.00. The number of nitrogens with one attached hydrogen (secondary N) is 1. The fourth-order valence-corrected chi connectivity index (χ4v) is 3.92. The summed E-state index contributed by atoms with van der Waals surface area (Å²) < 4.78 is 24.8. The number of rotatable bonds is 2. The van der Waals surface area contributed by atoms with Crippen molar-refractivity contribution in [3.8, 4) is 0 Å². The summed E-state index contributed by atoms with van der Waals surface area (Å²) in [6.07, 6.45) is 0. The van der Waals surface area contributed by atoms with Gasteiger partial charge in [0.2, 0.25) is 9.84 Å². The summed E-state index contributed by atoms with van der Waals surface area (Å²) in [5, 5.41) is 13.0. The molecule has 2 aromatic carbocycles. The average molecular weight is 336 g/mol. The van der Waals surface area contributed by atoms with Crippen molar-refractivity contribution in [1.29, 1.82) is 0 Å². The van der Waals surface area contributed by atoms with Crippen LogP contribution in [0.3, 0.4) is 0 Å². The van der Waals surface area contributed by atoms with Crippen molar-refractivity contribution < 1.29 is 18.3 Å². The van der Waals surface area contributed by atoms with Gasteiger partial charge in [0.25, 0.3) is 5.91 Å². The van der Waals surface area contributed by atoms with Gasteiger partial charge in [-0.2, -0.15) is 0 Å². The van der Waals surface area contributed by atoms with Gasteiger partial charge >= 0.3 is 0 Å². The summed E-state index contributed by atoms with van der Waals surface area (Å²) >= 11 is 5.75. The van der Waals surface area contributed by atoms with Gasteiger partial charge in [-0.25, -0.2) is 8.42 Å². The molecule has 0 bridgehead atoms. The van der Waals surface area contributed by atoms with Crippen LogP contribution in [0.1, 0.15) is 5.56 Å². The number of amides is 1. The van der Waals surface area contributed by atoms with Gasteiger partial charge in [-0.15, -0.1) is 0 Å². The molecular formula is C15H10ClNO4S. The van der Waals surface area contributed by atoms with Crippen molar-refractivity contribution in [2.24, 2.45) is 0 Å². The van der Waals surface area contributed by atoms with Crippen molar-refractivity contribution in [1.82, 2.24) is 0 Å². The summed E-state index contributed by atoms with van der Waals surface area (Å²) in [5.41, 5.74) is 0.504. The number of aliphatic hydroxyl groups excluding tert-OH is 1. The van der Waals surface area contributed by atoms with E-state index in [1.807, 2.05) is 0 Å². The van der Waals surface area contributed by atoms with Gasteiger partial charge < -0.3 is 10.4 Å². The van der Waals surface area contributed by atoms with Crippen molar-refractivity contribution >= 4 is 38.8 Å². The molecule has 0 radical (unpaired) electrons. The average Bonchev–Trinajstić information content (AvgIpc) is 2.69. The molecule has 22 heavy (non-hydrogen) atoms. The van der Waals surface area contributed by atoms with Crippen LogP contribution in [-0.2, 0) is 14.6 Å². The largest absolute Gasteiger partial charge is 0.506 e.